The Labute approximate surface area is 125 Å². The highest BCUT2D eigenvalue weighted by molar-refractivity contribution is 9.10. The monoisotopic (exact) mass is 328 g/mol. The van der Waals surface area contributed by atoms with E-state index >= 15 is 0 Å². The van der Waals surface area contributed by atoms with Gasteiger partial charge in [0, 0.05) is 16.4 Å². The minimum absolute atomic E-state index is 0.390. The summed E-state index contributed by atoms with van der Waals surface area (Å²) in [5.41, 5.74) is 6.51. The molecule has 0 spiro atoms. The normalized spacial score (nSPS) is 10.7. The summed E-state index contributed by atoms with van der Waals surface area (Å²) in [5, 5.41) is 2.06. The summed E-state index contributed by atoms with van der Waals surface area (Å²) in [6.07, 6.45) is 0. The van der Waals surface area contributed by atoms with Gasteiger partial charge in [-0.1, -0.05) is 34.1 Å². The van der Waals surface area contributed by atoms with Crippen LogP contribution in [-0.4, -0.2) is 4.98 Å². The third-order valence-corrected chi connectivity index (χ3v) is 3.52. The molecule has 20 heavy (non-hydrogen) atoms. The molecule has 0 aliphatic heterocycles. The highest BCUT2D eigenvalue weighted by atomic mass is 79.9. The third-order valence-electron chi connectivity index (χ3n) is 3.00. The summed E-state index contributed by atoms with van der Waals surface area (Å²) in [5.74, 6) is 1.34. The molecule has 1 aromatic heterocycles. The van der Waals surface area contributed by atoms with Crippen molar-refractivity contribution in [1.82, 2.24) is 4.98 Å². The van der Waals surface area contributed by atoms with E-state index in [1.54, 1.807) is 0 Å². The molecule has 0 atom stereocenters. The highest BCUT2D eigenvalue weighted by Gasteiger charge is 2.07. The molecule has 0 amide bonds. The van der Waals surface area contributed by atoms with E-state index in [-0.39, 0.29) is 0 Å². The number of halogens is 1. The topological polar surface area (TPSA) is 48.1 Å². The lowest BCUT2D eigenvalue weighted by Gasteiger charge is -2.10. The van der Waals surface area contributed by atoms with Crippen molar-refractivity contribution in [3.63, 3.8) is 0 Å². The number of nitrogens with zero attached hydrogens (tertiary/aromatic N) is 1. The van der Waals surface area contributed by atoms with Gasteiger partial charge in [0.15, 0.2) is 0 Å². The summed E-state index contributed by atoms with van der Waals surface area (Å²) < 4.78 is 6.91. The molecular formula is C16H13BrN2O. The molecule has 3 aromatic rings. The van der Waals surface area contributed by atoms with Crippen LogP contribution in [0, 0.1) is 0 Å². The number of hydrogen-bond donors (Lipinski definition) is 1. The lowest BCUT2D eigenvalue weighted by Crippen LogP contribution is -2.01. The van der Waals surface area contributed by atoms with Crippen LogP contribution in [0.3, 0.4) is 0 Å². The summed E-state index contributed by atoms with van der Waals surface area (Å²) in [6, 6.07) is 17.7. The van der Waals surface area contributed by atoms with E-state index in [9.17, 15) is 0 Å². The van der Waals surface area contributed by atoms with Gasteiger partial charge in [0.1, 0.15) is 5.75 Å². The second-order valence-electron chi connectivity index (χ2n) is 4.40. The molecule has 1 heterocycles. The zero-order valence-corrected chi connectivity index (χ0v) is 12.3. The molecule has 0 saturated carbocycles. The molecule has 0 radical (unpaired) electrons. The van der Waals surface area contributed by atoms with Crippen molar-refractivity contribution >= 4 is 26.7 Å². The number of fused-ring (bicyclic) bond motifs is 1. The maximum Gasteiger partial charge on any atom is 0.227 e. The summed E-state index contributed by atoms with van der Waals surface area (Å²) >= 11 is 3.41. The van der Waals surface area contributed by atoms with E-state index < -0.39 is 0 Å². The molecule has 0 saturated heterocycles. The van der Waals surface area contributed by atoms with Crippen molar-refractivity contribution < 1.29 is 4.74 Å². The Morgan fingerprint density at radius 3 is 2.55 bits per heavy atom. The molecule has 100 valence electrons. The second kappa shape index (κ2) is 5.61. The summed E-state index contributed by atoms with van der Waals surface area (Å²) in [4.78, 5) is 4.48. The Kier molecular flexibility index (Phi) is 3.67. The van der Waals surface area contributed by atoms with Crippen LogP contribution in [0.4, 0.5) is 0 Å². The standard InChI is InChI=1S/C16H13BrN2O/c17-12-5-7-14(8-6-12)20-16-15-4-2-1-3-11(15)9-13(10-18)19-16/h1-9H,10,18H2. The van der Waals surface area contributed by atoms with E-state index in [0.717, 1.165) is 26.7 Å². The van der Waals surface area contributed by atoms with Crippen molar-refractivity contribution in [2.45, 2.75) is 6.54 Å². The van der Waals surface area contributed by atoms with Crippen LogP contribution in [-0.2, 0) is 6.54 Å². The first-order valence-corrected chi connectivity index (χ1v) is 7.08. The fraction of sp³-hybridized carbons (Fsp3) is 0.0625. The van der Waals surface area contributed by atoms with E-state index in [1.807, 2.05) is 54.6 Å². The fourth-order valence-corrected chi connectivity index (χ4v) is 2.28. The zero-order valence-electron chi connectivity index (χ0n) is 10.7. The van der Waals surface area contributed by atoms with E-state index in [4.69, 9.17) is 10.5 Å². The fourth-order valence-electron chi connectivity index (χ4n) is 2.02. The largest absolute Gasteiger partial charge is 0.438 e. The van der Waals surface area contributed by atoms with Crippen molar-refractivity contribution in [3.8, 4) is 11.6 Å². The van der Waals surface area contributed by atoms with Crippen LogP contribution >= 0.6 is 15.9 Å². The van der Waals surface area contributed by atoms with Crippen LogP contribution in [0.25, 0.3) is 10.8 Å². The van der Waals surface area contributed by atoms with Gasteiger partial charge < -0.3 is 10.5 Å². The van der Waals surface area contributed by atoms with Gasteiger partial charge in [-0.3, -0.25) is 0 Å². The molecule has 2 aromatic carbocycles. The number of aromatic nitrogens is 1. The molecule has 3 nitrogen and oxygen atoms in total. The van der Waals surface area contributed by atoms with Gasteiger partial charge >= 0.3 is 0 Å². The Morgan fingerprint density at radius 1 is 1.05 bits per heavy atom. The minimum Gasteiger partial charge on any atom is -0.438 e. The van der Waals surface area contributed by atoms with Crippen LogP contribution in [0.1, 0.15) is 5.69 Å². The number of hydrogen-bond acceptors (Lipinski definition) is 3. The molecule has 3 rings (SSSR count). The third kappa shape index (κ3) is 2.66. The van der Waals surface area contributed by atoms with Crippen molar-refractivity contribution in [2.24, 2.45) is 5.73 Å². The maximum absolute atomic E-state index is 5.90. The molecule has 4 heteroatoms. The Hall–Kier alpha value is -1.91. The molecule has 0 bridgehead atoms. The predicted octanol–water partition coefficient (Wildman–Crippen LogP) is 4.25. The van der Waals surface area contributed by atoms with Crippen molar-refractivity contribution in [3.05, 3.63) is 64.8 Å². The number of rotatable bonds is 3. The Balaban J connectivity index is 2.07. The van der Waals surface area contributed by atoms with Gasteiger partial charge in [-0.15, -0.1) is 0 Å². The summed E-state index contributed by atoms with van der Waals surface area (Å²) in [7, 11) is 0. The van der Waals surface area contributed by atoms with Gasteiger partial charge in [0.25, 0.3) is 0 Å². The number of pyridine rings is 1. The van der Waals surface area contributed by atoms with Crippen LogP contribution in [0.5, 0.6) is 11.6 Å². The molecule has 0 aliphatic carbocycles. The van der Waals surface area contributed by atoms with Gasteiger partial charge in [0.05, 0.1) is 5.69 Å². The summed E-state index contributed by atoms with van der Waals surface area (Å²) in [6.45, 7) is 0.390. The molecule has 0 unspecified atom stereocenters. The lowest BCUT2D eigenvalue weighted by atomic mass is 10.1. The van der Waals surface area contributed by atoms with E-state index in [2.05, 4.69) is 20.9 Å². The van der Waals surface area contributed by atoms with Crippen LogP contribution in [0.2, 0.25) is 0 Å². The van der Waals surface area contributed by atoms with Gasteiger partial charge in [-0.25, -0.2) is 4.98 Å². The van der Waals surface area contributed by atoms with Gasteiger partial charge in [-0.05, 0) is 41.8 Å². The number of ether oxygens (including phenoxy) is 1. The minimum atomic E-state index is 0.390. The first-order chi connectivity index (χ1) is 9.76. The van der Waals surface area contributed by atoms with Crippen molar-refractivity contribution in [2.75, 3.05) is 0 Å². The number of nitrogens with two attached hydrogens (primary N) is 1. The average molecular weight is 329 g/mol. The maximum atomic E-state index is 5.90. The van der Waals surface area contributed by atoms with Gasteiger partial charge in [-0.2, -0.15) is 0 Å². The van der Waals surface area contributed by atoms with Crippen LogP contribution < -0.4 is 10.5 Å². The first kappa shape index (κ1) is 13.1. The van der Waals surface area contributed by atoms with E-state index in [0.29, 0.717) is 12.4 Å². The SMILES string of the molecule is NCc1cc2ccccc2c(Oc2ccc(Br)cc2)n1. The van der Waals surface area contributed by atoms with Crippen molar-refractivity contribution in [1.29, 1.82) is 0 Å². The van der Waals surface area contributed by atoms with Gasteiger partial charge in [0.2, 0.25) is 5.88 Å². The van der Waals surface area contributed by atoms with Crippen LogP contribution in [0.15, 0.2) is 59.1 Å². The molecular weight excluding hydrogens is 316 g/mol. The molecule has 0 aliphatic rings. The molecule has 2 N–H and O–H groups in total. The Bertz CT molecular complexity index is 741. The predicted molar refractivity (Wildman–Crippen MR) is 83.9 cm³/mol. The second-order valence-corrected chi connectivity index (χ2v) is 5.32. The zero-order chi connectivity index (χ0) is 13.9. The highest BCUT2D eigenvalue weighted by Crippen LogP contribution is 2.29. The smallest absolute Gasteiger partial charge is 0.227 e. The average Bonchev–Trinajstić information content (AvgIpc) is 2.49. The Morgan fingerprint density at radius 2 is 1.80 bits per heavy atom. The lowest BCUT2D eigenvalue weighted by molar-refractivity contribution is 0.467. The van der Waals surface area contributed by atoms with E-state index in [1.165, 1.54) is 0 Å². The number of benzene rings is 2. The quantitative estimate of drug-likeness (QED) is 0.781. The molecule has 0 fully saturated rings. The first-order valence-electron chi connectivity index (χ1n) is 6.28.